The Labute approximate surface area is 149 Å². The van der Waals surface area contributed by atoms with Crippen LogP contribution < -0.4 is 39.0 Å². The molecule has 7 nitrogen and oxygen atoms in total. The van der Waals surface area contributed by atoms with Crippen molar-refractivity contribution in [1.29, 1.82) is 0 Å². The zero-order valence-corrected chi connectivity index (χ0v) is 14.8. The molecule has 110 valence electrons. The second-order valence-electron chi connectivity index (χ2n) is 4.23. The van der Waals surface area contributed by atoms with Gasteiger partial charge in [-0.25, -0.2) is 8.42 Å². The van der Waals surface area contributed by atoms with Crippen LogP contribution in [-0.4, -0.2) is 19.6 Å². The fraction of sp³-hybridized carbons (Fsp3) is 0.0769. The van der Waals surface area contributed by atoms with Crippen LogP contribution in [0.3, 0.4) is 0 Å². The predicted octanol–water partition coefficient (Wildman–Crippen LogP) is -0.237. The fourth-order valence-electron chi connectivity index (χ4n) is 1.61. The number of nitrogens with one attached hydrogen (secondary N) is 1. The van der Waals surface area contributed by atoms with Crippen molar-refractivity contribution in [3.63, 3.8) is 0 Å². The summed E-state index contributed by atoms with van der Waals surface area (Å²) in [6.07, 6.45) is 0.987. The molecule has 2 aromatic carbocycles. The molecule has 0 aromatic heterocycles. The average Bonchev–Trinajstić information content (AvgIpc) is 2.40. The van der Waals surface area contributed by atoms with Gasteiger partial charge in [0.2, 0.25) is 10.0 Å². The molecule has 0 saturated heterocycles. The topological polar surface area (TPSA) is 98.5 Å². The molecule has 0 amide bonds. The van der Waals surface area contributed by atoms with E-state index in [2.05, 4.69) is 4.72 Å². The van der Waals surface area contributed by atoms with Crippen LogP contribution in [0.5, 0.6) is 11.5 Å². The van der Waals surface area contributed by atoms with Crippen LogP contribution in [0.1, 0.15) is 0 Å². The summed E-state index contributed by atoms with van der Waals surface area (Å²) < 4.78 is 30.4. The van der Waals surface area contributed by atoms with E-state index in [0.29, 0.717) is 5.75 Å². The van der Waals surface area contributed by atoms with Gasteiger partial charge >= 0.3 is 29.6 Å². The zero-order valence-electron chi connectivity index (χ0n) is 12.0. The Morgan fingerprint density at radius 1 is 1.14 bits per heavy atom. The van der Waals surface area contributed by atoms with Crippen LogP contribution >= 0.6 is 0 Å². The van der Waals surface area contributed by atoms with Crippen molar-refractivity contribution in [1.82, 2.24) is 0 Å². The maximum atomic E-state index is 11.3. The van der Waals surface area contributed by atoms with E-state index in [1.165, 1.54) is 18.2 Å². The third kappa shape index (κ3) is 5.30. The van der Waals surface area contributed by atoms with E-state index in [9.17, 15) is 18.5 Å². The second kappa shape index (κ2) is 7.59. The molecular formula is C13H12N2NaO5S+. The summed E-state index contributed by atoms with van der Waals surface area (Å²) in [5.74, 6) is 0.496. The van der Waals surface area contributed by atoms with Gasteiger partial charge in [-0.15, -0.1) is 0 Å². The summed E-state index contributed by atoms with van der Waals surface area (Å²) in [5.41, 5.74) is -0.0630. The molecule has 0 bridgehead atoms. The number of hydrogen-bond acceptors (Lipinski definition) is 5. The molecule has 0 atom stereocenters. The molecule has 0 saturated carbocycles. The van der Waals surface area contributed by atoms with Crippen molar-refractivity contribution in [2.75, 3.05) is 11.0 Å². The number of para-hydroxylation sites is 1. The van der Waals surface area contributed by atoms with Crippen LogP contribution in [0.25, 0.3) is 0 Å². The fourth-order valence-corrected chi connectivity index (χ4v) is 2.18. The van der Waals surface area contributed by atoms with E-state index in [4.69, 9.17) is 4.74 Å². The largest absolute Gasteiger partial charge is 1.00 e. The Balaban J connectivity index is 0.00000242. The molecule has 1 N–H and O–H groups in total. The number of nitro groups is 1. The molecule has 0 fully saturated rings. The predicted molar refractivity (Wildman–Crippen MR) is 78.1 cm³/mol. The average molecular weight is 331 g/mol. The molecule has 0 radical (unpaired) electrons. The summed E-state index contributed by atoms with van der Waals surface area (Å²) in [5, 5.41) is 10.8. The Hall–Kier alpha value is -1.61. The number of benzene rings is 2. The molecule has 0 aliphatic heterocycles. The molecule has 0 aliphatic rings. The molecule has 0 spiro atoms. The molecule has 0 heterocycles. The number of sulfonamides is 1. The van der Waals surface area contributed by atoms with Gasteiger partial charge in [0.25, 0.3) is 5.69 Å². The van der Waals surface area contributed by atoms with Crippen molar-refractivity contribution >= 4 is 21.4 Å². The number of hydrogen-bond donors (Lipinski definition) is 1. The van der Waals surface area contributed by atoms with Gasteiger partial charge in [0.15, 0.2) is 5.75 Å². The number of nitro benzene ring substituents is 1. The summed E-state index contributed by atoms with van der Waals surface area (Å²) in [7, 11) is -3.52. The third-order valence-electron chi connectivity index (χ3n) is 2.44. The van der Waals surface area contributed by atoms with Crippen LogP contribution in [0, 0.1) is 10.1 Å². The number of non-ortho nitro benzene ring substituents is 1. The molecule has 0 aliphatic carbocycles. The van der Waals surface area contributed by atoms with E-state index < -0.39 is 14.9 Å². The van der Waals surface area contributed by atoms with Crippen molar-refractivity contribution < 1.29 is 47.6 Å². The Morgan fingerprint density at radius 3 is 2.32 bits per heavy atom. The van der Waals surface area contributed by atoms with Crippen LogP contribution in [0.4, 0.5) is 11.4 Å². The van der Waals surface area contributed by atoms with E-state index in [1.807, 2.05) is 0 Å². The second-order valence-corrected chi connectivity index (χ2v) is 5.98. The minimum atomic E-state index is -3.52. The molecule has 22 heavy (non-hydrogen) atoms. The van der Waals surface area contributed by atoms with Gasteiger partial charge in [-0.2, -0.15) is 0 Å². The van der Waals surface area contributed by atoms with E-state index in [1.54, 1.807) is 30.3 Å². The molecular weight excluding hydrogens is 319 g/mol. The van der Waals surface area contributed by atoms with Crippen molar-refractivity contribution in [3.8, 4) is 11.5 Å². The van der Waals surface area contributed by atoms with E-state index >= 15 is 0 Å². The maximum Gasteiger partial charge on any atom is 1.00 e. The van der Waals surface area contributed by atoms with Crippen molar-refractivity contribution in [2.45, 2.75) is 0 Å². The van der Waals surface area contributed by atoms with Crippen LogP contribution in [-0.2, 0) is 10.0 Å². The van der Waals surface area contributed by atoms with E-state index in [-0.39, 0.29) is 46.7 Å². The van der Waals surface area contributed by atoms with Gasteiger partial charge in [-0.1, -0.05) is 18.2 Å². The van der Waals surface area contributed by atoms with Crippen molar-refractivity contribution in [2.24, 2.45) is 0 Å². The Kier molecular flexibility index (Phi) is 6.36. The molecule has 9 heteroatoms. The summed E-state index contributed by atoms with van der Waals surface area (Å²) >= 11 is 0. The minimum absolute atomic E-state index is 0. The van der Waals surface area contributed by atoms with E-state index in [0.717, 1.165) is 6.26 Å². The standard InChI is InChI=1S/C13H12N2O5S.Na/c1-21(18,19)14-12-8-7-10(15(16)17)9-13(12)20-11-5-3-2-4-6-11;/h2-9,14H,1H3;/q;+1. The maximum absolute atomic E-state index is 11.3. The SMILES string of the molecule is CS(=O)(=O)Nc1ccc([N+](=O)[O-])cc1Oc1ccccc1.[Na+]. The summed E-state index contributed by atoms with van der Waals surface area (Å²) in [6, 6.07) is 12.2. The number of anilines is 1. The number of nitrogens with zero attached hydrogens (tertiary/aromatic N) is 1. The summed E-state index contributed by atoms with van der Waals surface area (Å²) in [6.45, 7) is 0. The van der Waals surface area contributed by atoms with Gasteiger partial charge < -0.3 is 4.74 Å². The Bertz CT molecular complexity index is 765. The number of rotatable bonds is 5. The van der Waals surface area contributed by atoms with Crippen LogP contribution in [0.2, 0.25) is 0 Å². The first-order valence-electron chi connectivity index (χ1n) is 5.84. The Morgan fingerprint density at radius 2 is 1.77 bits per heavy atom. The van der Waals surface area contributed by atoms with Crippen LogP contribution in [0.15, 0.2) is 48.5 Å². The van der Waals surface area contributed by atoms with Gasteiger partial charge in [0.05, 0.1) is 22.9 Å². The monoisotopic (exact) mass is 331 g/mol. The van der Waals surface area contributed by atoms with Gasteiger partial charge in [0, 0.05) is 6.07 Å². The first kappa shape index (κ1) is 18.4. The molecule has 0 unspecified atom stereocenters. The minimum Gasteiger partial charge on any atom is -0.455 e. The molecule has 2 rings (SSSR count). The quantitative estimate of drug-likeness (QED) is 0.463. The number of ether oxygens (including phenoxy) is 1. The smallest absolute Gasteiger partial charge is 0.455 e. The summed E-state index contributed by atoms with van der Waals surface area (Å²) in [4.78, 5) is 10.2. The van der Waals surface area contributed by atoms with Gasteiger partial charge in [0.1, 0.15) is 5.75 Å². The first-order valence-corrected chi connectivity index (χ1v) is 7.73. The van der Waals surface area contributed by atoms with Gasteiger partial charge in [-0.3, -0.25) is 14.8 Å². The van der Waals surface area contributed by atoms with Gasteiger partial charge in [-0.05, 0) is 18.2 Å². The third-order valence-corrected chi connectivity index (χ3v) is 3.03. The molecule has 2 aromatic rings. The zero-order chi connectivity index (χ0) is 15.5. The first-order chi connectivity index (χ1) is 9.85. The van der Waals surface area contributed by atoms with Crippen molar-refractivity contribution in [3.05, 3.63) is 58.6 Å². The normalized spacial score (nSPS) is 10.4.